The number of aryl methyl sites for hydroxylation is 1. The lowest BCUT2D eigenvalue weighted by molar-refractivity contribution is 0.0230. The normalized spacial score (nSPS) is 27.1. The Morgan fingerprint density at radius 2 is 2.08 bits per heavy atom. The van der Waals surface area contributed by atoms with Gasteiger partial charge in [0.25, 0.3) is 5.56 Å². The molecule has 2 aliphatic rings. The second-order valence-electron chi connectivity index (χ2n) is 6.19. The fraction of sp³-hybridized carbons (Fsp3) is 0.294. The predicted octanol–water partition coefficient (Wildman–Crippen LogP) is 2.10. The molecule has 3 heterocycles. The highest BCUT2D eigenvalue weighted by molar-refractivity contribution is 7.54. The first-order chi connectivity index (χ1) is 12.4. The van der Waals surface area contributed by atoms with Gasteiger partial charge in [0.1, 0.15) is 5.75 Å². The highest BCUT2D eigenvalue weighted by Crippen LogP contribution is 2.54. The minimum absolute atomic E-state index is 0.0332. The molecular weight excluding hydrogens is 359 g/mol. The summed E-state index contributed by atoms with van der Waals surface area (Å²) in [6.07, 6.45) is 3.63. The molecule has 0 bridgehead atoms. The number of para-hydroxylation sites is 1. The molecule has 0 fully saturated rings. The van der Waals surface area contributed by atoms with Crippen molar-refractivity contribution in [2.24, 2.45) is 0 Å². The van der Waals surface area contributed by atoms with Crippen molar-refractivity contribution in [3.05, 3.63) is 74.6 Å². The second-order valence-corrected chi connectivity index (χ2v) is 8.22. The summed E-state index contributed by atoms with van der Waals surface area (Å²) in [5, 5.41) is 0. The van der Waals surface area contributed by atoms with Crippen molar-refractivity contribution < 1.29 is 18.3 Å². The number of benzene rings is 1. The first-order valence-electron chi connectivity index (χ1n) is 8.10. The van der Waals surface area contributed by atoms with Crippen LogP contribution in [0.15, 0.2) is 52.2 Å². The number of ether oxygens (including phenoxy) is 1. The third-order valence-corrected chi connectivity index (χ3v) is 6.06. The van der Waals surface area contributed by atoms with Crippen LogP contribution in [0.1, 0.15) is 17.4 Å². The average Bonchev–Trinajstić information content (AvgIpc) is 3.05. The van der Waals surface area contributed by atoms with Gasteiger partial charge in [-0.1, -0.05) is 24.3 Å². The van der Waals surface area contributed by atoms with Gasteiger partial charge in [-0.2, -0.15) is 0 Å². The van der Waals surface area contributed by atoms with Crippen molar-refractivity contribution in [3.8, 4) is 5.75 Å². The molecule has 0 saturated heterocycles. The van der Waals surface area contributed by atoms with E-state index in [1.54, 1.807) is 31.2 Å². The fourth-order valence-electron chi connectivity index (χ4n) is 2.89. The molecule has 0 spiro atoms. The monoisotopic (exact) mass is 376 g/mol. The van der Waals surface area contributed by atoms with Gasteiger partial charge in [-0.05, 0) is 19.1 Å². The summed E-state index contributed by atoms with van der Waals surface area (Å²) < 4.78 is 31.0. The SMILES string of the molecule is Cc1cn([C@H]2C=C[C@@H](CP3(=O)OCc4ccccc4O3)O2)c(=O)[nH]c1=O. The van der Waals surface area contributed by atoms with Crippen molar-refractivity contribution in [1.29, 1.82) is 0 Å². The molecule has 2 aliphatic heterocycles. The van der Waals surface area contributed by atoms with E-state index in [9.17, 15) is 14.2 Å². The Morgan fingerprint density at radius 1 is 1.27 bits per heavy atom. The topological polar surface area (TPSA) is 99.6 Å². The molecular formula is C17H17N2O6P. The molecule has 1 aromatic heterocycles. The van der Waals surface area contributed by atoms with Crippen molar-refractivity contribution in [3.63, 3.8) is 0 Å². The Labute approximate surface area is 148 Å². The van der Waals surface area contributed by atoms with E-state index < -0.39 is 31.2 Å². The molecule has 0 aliphatic carbocycles. The molecule has 3 atom stereocenters. The Kier molecular flexibility index (Phi) is 4.19. The highest BCUT2D eigenvalue weighted by Gasteiger charge is 2.37. The molecule has 26 heavy (non-hydrogen) atoms. The highest BCUT2D eigenvalue weighted by atomic mass is 31.2. The van der Waals surface area contributed by atoms with E-state index in [0.29, 0.717) is 11.3 Å². The number of fused-ring (bicyclic) bond motifs is 1. The summed E-state index contributed by atoms with van der Waals surface area (Å²) >= 11 is 0. The Morgan fingerprint density at radius 3 is 2.92 bits per heavy atom. The first kappa shape index (κ1) is 17.0. The number of nitrogens with one attached hydrogen (secondary N) is 1. The van der Waals surface area contributed by atoms with Gasteiger partial charge in [0.15, 0.2) is 6.23 Å². The van der Waals surface area contributed by atoms with Gasteiger partial charge >= 0.3 is 13.3 Å². The van der Waals surface area contributed by atoms with Gasteiger partial charge in [0.2, 0.25) is 0 Å². The van der Waals surface area contributed by atoms with E-state index >= 15 is 0 Å². The van der Waals surface area contributed by atoms with Gasteiger partial charge in [-0.3, -0.25) is 18.9 Å². The van der Waals surface area contributed by atoms with Gasteiger partial charge in [-0.15, -0.1) is 0 Å². The summed E-state index contributed by atoms with van der Waals surface area (Å²) in [5.74, 6) is 0.549. The number of hydrogen-bond donors (Lipinski definition) is 1. The number of aromatic nitrogens is 2. The van der Waals surface area contributed by atoms with Crippen LogP contribution >= 0.6 is 7.60 Å². The predicted molar refractivity (Wildman–Crippen MR) is 93.4 cm³/mol. The maximum Gasteiger partial charge on any atom is 0.382 e. The molecule has 0 saturated carbocycles. The zero-order valence-corrected chi connectivity index (χ0v) is 14.8. The number of rotatable bonds is 3. The Bertz CT molecular complexity index is 1040. The van der Waals surface area contributed by atoms with E-state index in [4.69, 9.17) is 13.8 Å². The van der Waals surface area contributed by atoms with E-state index in [0.717, 1.165) is 5.56 Å². The van der Waals surface area contributed by atoms with Crippen LogP contribution in [0.3, 0.4) is 0 Å². The molecule has 1 unspecified atom stereocenters. The van der Waals surface area contributed by atoms with Crippen molar-refractivity contribution in [2.45, 2.75) is 25.9 Å². The maximum absolute atomic E-state index is 12.9. The smallest absolute Gasteiger partial charge is 0.382 e. The van der Waals surface area contributed by atoms with Crippen molar-refractivity contribution in [1.82, 2.24) is 9.55 Å². The number of hydrogen-bond acceptors (Lipinski definition) is 6. The number of nitrogens with zero attached hydrogens (tertiary/aromatic N) is 1. The summed E-state index contributed by atoms with van der Waals surface area (Å²) in [5.41, 5.74) is 0.238. The van der Waals surface area contributed by atoms with E-state index in [-0.39, 0.29) is 12.8 Å². The Balaban J connectivity index is 1.48. The summed E-state index contributed by atoms with van der Waals surface area (Å²) in [7, 11) is -3.36. The van der Waals surface area contributed by atoms with Crippen LogP contribution in [0.4, 0.5) is 0 Å². The van der Waals surface area contributed by atoms with Gasteiger partial charge in [-0.25, -0.2) is 9.36 Å². The lowest BCUT2D eigenvalue weighted by atomic mass is 10.2. The van der Waals surface area contributed by atoms with Crippen molar-refractivity contribution in [2.75, 3.05) is 6.16 Å². The summed E-state index contributed by atoms with van der Waals surface area (Å²) in [4.78, 5) is 25.7. The average molecular weight is 376 g/mol. The number of H-pyrrole nitrogens is 1. The van der Waals surface area contributed by atoms with E-state index in [1.165, 1.54) is 10.8 Å². The molecule has 136 valence electrons. The Hall–Kier alpha value is -2.41. The molecule has 1 N–H and O–H groups in total. The van der Waals surface area contributed by atoms with Crippen LogP contribution in [0.2, 0.25) is 0 Å². The van der Waals surface area contributed by atoms with Crippen molar-refractivity contribution >= 4 is 7.60 Å². The maximum atomic E-state index is 12.9. The molecule has 0 radical (unpaired) electrons. The quantitative estimate of drug-likeness (QED) is 0.651. The minimum Gasteiger partial charge on any atom is -0.424 e. The molecule has 1 aromatic carbocycles. The molecule has 4 rings (SSSR count). The first-order valence-corrected chi connectivity index (χ1v) is 9.83. The third kappa shape index (κ3) is 3.19. The summed E-state index contributed by atoms with van der Waals surface area (Å²) in [6, 6.07) is 7.27. The molecule has 0 amide bonds. The standard InChI is InChI=1S/C17H17N2O6P/c1-11-8-19(17(21)18-16(11)20)15-7-6-13(24-15)10-26(22)23-9-12-4-2-3-5-14(12)25-26/h2-8,13,15H,9-10H2,1H3,(H,18,20,21)/t13-,15+,26?/m0/s1. The minimum atomic E-state index is -3.36. The van der Waals surface area contributed by atoms with Crippen LogP contribution < -0.4 is 15.8 Å². The lowest BCUT2D eigenvalue weighted by Crippen LogP contribution is -2.33. The van der Waals surface area contributed by atoms with Gasteiger partial charge in [0.05, 0.1) is 18.9 Å². The number of aromatic amines is 1. The van der Waals surface area contributed by atoms with Gasteiger partial charge < -0.3 is 9.26 Å². The largest absolute Gasteiger partial charge is 0.424 e. The zero-order valence-electron chi connectivity index (χ0n) is 14.0. The van der Waals surface area contributed by atoms with E-state index in [2.05, 4.69) is 4.98 Å². The molecule has 9 heteroatoms. The van der Waals surface area contributed by atoms with Crippen LogP contribution in [-0.4, -0.2) is 21.8 Å². The van der Waals surface area contributed by atoms with Crippen LogP contribution in [0.25, 0.3) is 0 Å². The van der Waals surface area contributed by atoms with Gasteiger partial charge in [0, 0.05) is 17.3 Å². The van der Waals surface area contributed by atoms with Crippen LogP contribution in [-0.2, 0) is 20.4 Å². The third-order valence-electron chi connectivity index (χ3n) is 4.25. The van der Waals surface area contributed by atoms with Crippen LogP contribution in [0.5, 0.6) is 5.75 Å². The second kappa shape index (κ2) is 6.39. The zero-order chi connectivity index (χ0) is 18.3. The fourth-order valence-corrected chi connectivity index (χ4v) is 4.59. The molecule has 2 aromatic rings. The lowest BCUT2D eigenvalue weighted by Gasteiger charge is -2.27. The summed E-state index contributed by atoms with van der Waals surface area (Å²) in [6.45, 7) is 1.82. The van der Waals surface area contributed by atoms with Crippen LogP contribution in [0, 0.1) is 6.92 Å². The van der Waals surface area contributed by atoms with E-state index in [1.807, 2.05) is 12.1 Å². The molecule has 8 nitrogen and oxygen atoms in total.